The van der Waals surface area contributed by atoms with E-state index >= 15 is 0 Å². The highest BCUT2D eigenvalue weighted by atomic mass is 16.1. The minimum absolute atomic E-state index is 0.0706. The van der Waals surface area contributed by atoms with Crippen molar-refractivity contribution >= 4 is 5.69 Å². The van der Waals surface area contributed by atoms with E-state index in [9.17, 15) is 4.79 Å². The first-order valence-corrected chi connectivity index (χ1v) is 7.05. The van der Waals surface area contributed by atoms with E-state index in [2.05, 4.69) is 15.0 Å². The highest BCUT2D eigenvalue weighted by molar-refractivity contribution is 5.43. The quantitative estimate of drug-likeness (QED) is 0.851. The van der Waals surface area contributed by atoms with Crippen LogP contribution in [-0.2, 0) is 6.54 Å². The molecule has 0 aromatic carbocycles. The number of pyridine rings is 1. The second kappa shape index (κ2) is 5.86. The smallest absolute Gasteiger partial charge is 0.269 e. The summed E-state index contributed by atoms with van der Waals surface area (Å²) in [7, 11) is 0. The lowest BCUT2D eigenvalue weighted by atomic mass is 10.1. The van der Waals surface area contributed by atoms with Crippen molar-refractivity contribution in [3.8, 4) is 0 Å². The van der Waals surface area contributed by atoms with Gasteiger partial charge in [0.15, 0.2) is 0 Å². The Bertz CT molecular complexity index is 617. The highest BCUT2D eigenvalue weighted by Gasteiger charge is 2.12. The van der Waals surface area contributed by atoms with Crippen LogP contribution in [0.15, 0.2) is 41.5 Å². The first-order valence-electron chi connectivity index (χ1n) is 7.05. The predicted octanol–water partition coefficient (Wildman–Crippen LogP) is 1.68. The lowest BCUT2D eigenvalue weighted by Gasteiger charge is -2.28. The molecule has 5 nitrogen and oxygen atoms in total. The Balaban J connectivity index is 1.79. The van der Waals surface area contributed by atoms with Crippen LogP contribution in [0, 0.1) is 0 Å². The lowest BCUT2D eigenvalue weighted by Crippen LogP contribution is -2.32. The lowest BCUT2D eigenvalue weighted by molar-refractivity contribution is 0.570. The molecule has 1 fully saturated rings. The van der Waals surface area contributed by atoms with Gasteiger partial charge in [-0.1, -0.05) is 6.07 Å². The molecule has 0 atom stereocenters. The van der Waals surface area contributed by atoms with Gasteiger partial charge in [-0.2, -0.15) is 5.10 Å². The van der Waals surface area contributed by atoms with E-state index in [-0.39, 0.29) is 5.56 Å². The van der Waals surface area contributed by atoms with E-state index in [1.54, 1.807) is 18.5 Å². The minimum Gasteiger partial charge on any atom is -0.370 e. The third-order valence-corrected chi connectivity index (χ3v) is 3.61. The zero-order chi connectivity index (χ0) is 13.8. The highest BCUT2D eigenvalue weighted by Crippen LogP contribution is 2.16. The molecule has 3 heterocycles. The van der Waals surface area contributed by atoms with Crippen molar-refractivity contribution in [1.82, 2.24) is 14.8 Å². The van der Waals surface area contributed by atoms with Crippen molar-refractivity contribution in [2.24, 2.45) is 0 Å². The Kier molecular flexibility index (Phi) is 3.76. The summed E-state index contributed by atoms with van der Waals surface area (Å²) >= 11 is 0. The monoisotopic (exact) mass is 270 g/mol. The molecule has 0 radical (unpaired) electrons. The van der Waals surface area contributed by atoms with Gasteiger partial charge in [-0.15, -0.1) is 0 Å². The molecule has 3 rings (SSSR count). The van der Waals surface area contributed by atoms with E-state index in [4.69, 9.17) is 0 Å². The van der Waals surface area contributed by atoms with Gasteiger partial charge in [0.05, 0.1) is 24.1 Å². The third kappa shape index (κ3) is 2.87. The summed E-state index contributed by atoms with van der Waals surface area (Å²) in [6, 6.07) is 7.35. The number of anilines is 1. The summed E-state index contributed by atoms with van der Waals surface area (Å²) in [6.45, 7) is 2.46. The molecule has 1 saturated heterocycles. The molecule has 0 spiro atoms. The Hall–Kier alpha value is -2.17. The summed E-state index contributed by atoms with van der Waals surface area (Å²) in [5.41, 5.74) is 1.71. The first kappa shape index (κ1) is 12.8. The van der Waals surface area contributed by atoms with Crippen LogP contribution in [0.2, 0.25) is 0 Å². The normalized spacial score (nSPS) is 15.3. The van der Waals surface area contributed by atoms with Crippen LogP contribution in [0.25, 0.3) is 0 Å². The van der Waals surface area contributed by atoms with Crippen molar-refractivity contribution in [3.63, 3.8) is 0 Å². The van der Waals surface area contributed by atoms with E-state index in [1.807, 2.05) is 18.2 Å². The summed E-state index contributed by atoms with van der Waals surface area (Å²) in [5, 5.41) is 4.27. The summed E-state index contributed by atoms with van der Waals surface area (Å²) < 4.78 is 1.45. The van der Waals surface area contributed by atoms with Crippen LogP contribution in [0.3, 0.4) is 0 Å². The zero-order valence-electron chi connectivity index (χ0n) is 11.4. The van der Waals surface area contributed by atoms with Crippen molar-refractivity contribution in [2.75, 3.05) is 18.0 Å². The maximum Gasteiger partial charge on any atom is 0.269 e. The van der Waals surface area contributed by atoms with E-state index < -0.39 is 0 Å². The van der Waals surface area contributed by atoms with Crippen LogP contribution in [0.4, 0.5) is 5.69 Å². The number of rotatable bonds is 3. The number of nitrogens with zero attached hydrogens (tertiary/aromatic N) is 4. The maximum atomic E-state index is 12.1. The van der Waals surface area contributed by atoms with Gasteiger partial charge in [-0.25, -0.2) is 4.68 Å². The van der Waals surface area contributed by atoms with E-state index in [0.717, 1.165) is 24.5 Å². The summed E-state index contributed by atoms with van der Waals surface area (Å²) in [4.78, 5) is 18.6. The Labute approximate surface area is 117 Å². The van der Waals surface area contributed by atoms with Gasteiger partial charge in [-0.3, -0.25) is 9.78 Å². The summed E-state index contributed by atoms with van der Waals surface area (Å²) in [6.07, 6.45) is 7.17. The fourth-order valence-electron chi connectivity index (χ4n) is 2.51. The summed E-state index contributed by atoms with van der Waals surface area (Å²) in [5.74, 6) is 0. The van der Waals surface area contributed by atoms with Gasteiger partial charge < -0.3 is 4.90 Å². The molecule has 0 N–H and O–H groups in total. The average Bonchev–Trinajstić information content (AvgIpc) is 2.51. The second-order valence-electron chi connectivity index (χ2n) is 5.08. The third-order valence-electron chi connectivity index (χ3n) is 3.61. The zero-order valence-corrected chi connectivity index (χ0v) is 11.4. The predicted molar refractivity (Wildman–Crippen MR) is 77.9 cm³/mol. The van der Waals surface area contributed by atoms with Crippen LogP contribution >= 0.6 is 0 Å². The van der Waals surface area contributed by atoms with Crippen molar-refractivity contribution < 1.29 is 0 Å². The molecule has 20 heavy (non-hydrogen) atoms. The Morgan fingerprint density at radius 1 is 1.15 bits per heavy atom. The molecule has 2 aromatic rings. The van der Waals surface area contributed by atoms with E-state index in [0.29, 0.717) is 6.54 Å². The average molecular weight is 270 g/mol. The molecule has 1 aliphatic heterocycles. The number of piperidine rings is 1. The topological polar surface area (TPSA) is 51.0 Å². The Morgan fingerprint density at radius 3 is 2.70 bits per heavy atom. The van der Waals surface area contributed by atoms with Gasteiger partial charge >= 0.3 is 0 Å². The molecule has 2 aromatic heterocycles. The van der Waals surface area contributed by atoms with Crippen molar-refractivity contribution in [3.05, 3.63) is 52.7 Å². The Morgan fingerprint density at radius 2 is 2.00 bits per heavy atom. The largest absolute Gasteiger partial charge is 0.370 e. The molecule has 0 aliphatic carbocycles. The van der Waals surface area contributed by atoms with Crippen LogP contribution in [-0.4, -0.2) is 27.9 Å². The van der Waals surface area contributed by atoms with Crippen LogP contribution < -0.4 is 10.5 Å². The van der Waals surface area contributed by atoms with Gasteiger partial charge in [0, 0.05) is 25.4 Å². The fraction of sp³-hybridized carbons (Fsp3) is 0.400. The van der Waals surface area contributed by atoms with Crippen LogP contribution in [0.5, 0.6) is 0 Å². The van der Waals surface area contributed by atoms with Gasteiger partial charge in [0.1, 0.15) is 0 Å². The number of hydrogen-bond acceptors (Lipinski definition) is 4. The van der Waals surface area contributed by atoms with Crippen LogP contribution in [0.1, 0.15) is 25.0 Å². The fourth-order valence-corrected chi connectivity index (χ4v) is 2.51. The molecule has 0 amide bonds. The molecule has 0 bridgehead atoms. The van der Waals surface area contributed by atoms with Crippen molar-refractivity contribution in [1.29, 1.82) is 0 Å². The minimum atomic E-state index is -0.0706. The molecular formula is C15H18N4O. The molecular weight excluding hydrogens is 252 g/mol. The number of aromatic nitrogens is 3. The molecule has 0 saturated carbocycles. The maximum absolute atomic E-state index is 12.1. The first-order chi connectivity index (χ1) is 9.83. The van der Waals surface area contributed by atoms with E-state index in [1.165, 1.54) is 23.9 Å². The molecule has 5 heteroatoms. The molecule has 104 valence electrons. The van der Waals surface area contributed by atoms with Gasteiger partial charge in [0.2, 0.25) is 0 Å². The molecule has 1 aliphatic rings. The molecule has 0 unspecified atom stereocenters. The SMILES string of the molecule is O=c1cc(N2CCCCC2)cnn1Cc1ccccn1. The number of hydrogen-bond donors (Lipinski definition) is 0. The standard InChI is InChI=1S/C15H18N4O/c20-15-10-14(18-8-4-1-5-9-18)11-17-19(15)12-13-6-2-3-7-16-13/h2-3,6-7,10-11H,1,4-5,8-9,12H2. The van der Waals surface area contributed by atoms with Gasteiger partial charge in [-0.05, 0) is 31.4 Å². The second-order valence-corrected chi connectivity index (χ2v) is 5.08. The van der Waals surface area contributed by atoms with Gasteiger partial charge in [0.25, 0.3) is 5.56 Å². The van der Waals surface area contributed by atoms with Crippen molar-refractivity contribution in [2.45, 2.75) is 25.8 Å².